The number of nitro groups is 2. The molecule has 7 heteroatoms. The SMILES string of the molecule is Cc1cc([N+](=O)[O-])sc1[N+](=O)[O-]. The van der Waals surface area contributed by atoms with Gasteiger partial charge in [-0.2, -0.15) is 0 Å². The van der Waals surface area contributed by atoms with Gasteiger partial charge < -0.3 is 0 Å². The molecule has 0 amide bonds. The molecule has 0 unspecified atom stereocenters. The third kappa shape index (κ3) is 1.40. The molecule has 1 aromatic rings. The lowest BCUT2D eigenvalue weighted by Crippen LogP contribution is -1.84. The zero-order chi connectivity index (χ0) is 9.30. The molecular weight excluding hydrogens is 184 g/mol. The first-order valence-electron chi connectivity index (χ1n) is 2.91. The Morgan fingerprint density at radius 2 is 1.92 bits per heavy atom. The van der Waals surface area contributed by atoms with Crippen molar-refractivity contribution in [1.82, 2.24) is 0 Å². The molecule has 1 aromatic heterocycles. The number of rotatable bonds is 2. The lowest BCUT2D eigenvalue weighted by molar-refractivity contribution is -0.382. The Morgan fingerprint density at radius 1 is 1.33 bits per heavy atom. The first-order valence-corrected chi connectivity index (χ1v) is 3.73. The number of nitrogens with zero attached hydrogens (tertiary/aromatic N) is 2. The highest BCUT2D eigenvalue weighted by Gasteiger charge is 2.21. The quantitative estimate of drug-likeness (QED) is 0.523. The van der Waals surface area contributed by atoms with Gasteiger partial charge in [0.15, 0.2) is 0 Å². The molecule has 0 N–H and O–H groups in total. The van der Waals surface area contributed by atoms with Crippen LogP contribution >= 0.6 is 11.3 Å². The topological polar surface area (TPSA) is 86.3 Å². The first kappa shape index (κ1) is 8.60. The molecule has 0 fully saturated rings. The van der Waals surface area contributed by atoms with Crippen LogP contribution in [0, 0.1) is 27.2 Å². The van der Waals surface area contributed by atoms with Gasteiger partial charge in [-0.1, -0.05) is 0 Å². The van der Waals surface area contributed by atoms with Gasteiger partial charge in [0.25, 0.3) is 0 Å². The van der Waals surface area contributed by atoms with Crippen molar-refractivity contribution in [2.24, 2.45) is 0 Å². The molecule has 6 nitrogen and oxygen atoms in total. The van der Waals surface area contributed by atoms with E-state index in [0.29, 0.717) is 16.9 Å². The molecule has 0 aliphatic rings. The van der Waals surface area contributed by atoms with Crippen LogP contribution in [0.4, 0.5) is 10.0 Å². The van der Waals surface area contributed by atoms with E-state index in [1.165, 1.54) is 13.0 Å². The van der Waals surface area contributed by atoms with E-state index in [1.807, 2.05) is 0 Å². The average Bonchev–Trinajstić information content (AvgIpc) is 2.30. The fraction of sp³-hybridized carbons (Fsp3) is 0.200. The summed E-state index contributed by atoms with van der Waals surface area (Å²) in [6.45, 7) is 1.47. The van der Waals surface area contributed by atoms with E-state index >= 15 is 0 Å². The van der Waals surface area contributed by atoms with Gasteiger partial charge in [0.05, 0.1) is 9.85 Å². The van der Waals surface area contributed by atoms with Crippen LogP contribution in [0.5, 0.6) is 0 Å². The second-order valence-corrected chi connectivity index (χ2v) is 3.10. The molecule has 64 valence electrons. The van der Waals surface area contributed by atoms with Crippen molar-refractivity contribution in [2.75, 3.05) is 0 Å². The Bertz CT molecular complexity index is 345. The maximum Gasteiger partial charge on any atom is 0.333 e. The largest absolute Gasteiger partial charge is 0.333 e. The number of hydrogen-bond donors (Lipinski definition) is 0. The number of thiophene rings is 1. The summed E-state index contributed by atoms with van der Waals surface area (Å²) in [7, 11) is 0. The normalized spacial score (nSPS) is 9.75. The minimum atomic E-state index is -0.634. The smallest absolute Gasteiger partial charge is 0.258 e. The molecule has 0 aliphatic heterocycles. The van der Waals surface area contributed by atoms with Crippen LogP contribution in [0.1, 0.15) is 5.56 Å². The second kappa shape index (κ2) is 2.86. The van der Waals surface area contributed by atoms with E-state index in [-0.39, 0.29) is 10.0 Å². The average molecular weight is 188 g/mol. The zero-order valence-electron chi connectivity index (χ0n) is 6.01. The summed E-state index contributed by atoms with van der Waals surface area (Å²) in [5, 5.41) is 20.1. The van der Waals surface area contributed by atoms with Crippen molar-refractivity contribution in [3.63, 3.8) is 0 Å². The first-order chi connectivity index (χ1) is 5.52. The highest BCUT2D eigenvalue weighted by atomic mass is 32.1. The Kier molecular flexibility index (Phi) is 2.05. The van der Waals surface area contributed by atoms with E-state index in [9.17, 15) is 20.2 Å². The van der Waals surface area contributed by atoms with E-state index < -0.39 is 9.85 Å². The molecule has 0 atom stereocenters. The van der Waals surface area contributed by atoms with Crippen molar-refractivity contribution in [2.45, 2.75) is 6.92 Å². The minimum Gasteiger partial charge on any atom is -0.258 e. The molecule has 1 heterocycles. The van der Waals surface area contributed by atoms with Gasteiger partial charge in [0.1, 0.15) is 0 Å². The highest BCUT2D eigenvalue weighted by Crippen LogP contribution is 2.34. The maximum atomic E-state index is 10.3. The van der Waals surface area contributed by atoms with Gasteiger partial charge in [-0.25, -0.2) is 0 Å². The van der Waals surface area contributed by atoms with Crippen LogP contribution < -0.4 is 0 Å². The van der Waals surface area contributed by atoms with Crippen LogP contribution in [0.15, 0.2) is 6.07 Å². The zero-order valence-corrected chi connectivity index (χ0v) is 6.83. The van der Waals surface area contributed by atoms with Crippen LogP contribution in [-0.4, -0.2) is 9.85 Å². The van der Waals surface area contributed by atoms with Crippen molar-refractivity contribution >= 4 is 21.3 Å². The van der Waals surface area contributed by atoms with E-state index in [0.717, 1.165) is 0 Å². The van der Waals surface area contributed by atoms with Crippen molar-refractivity contribution < 1.29 is 9.85 Å². The lowest BCUT2D eigenvalue weighted by atomic mass is 10.4. The molecule has 1 rings (SSSR count). The number of aryl methyl sites for hydroxylation is 1. The van der Waals surface area contributed by atoms with Crippen LogP contribution in [-0.2, 0) is 0 Å². The van der Waals surface area contributed by atoms with E-state index in [2.05, 4.69) is 0 Å². The predicted molar refractivity (Wildman–Crippen MR) is 42.4 cm³/mol. The second-order valence-electron chi connectivity index (χ2n) is 2.09. The van der Waals surface area contributed by atoms with Gasteiger partial charge in [0, 0.05) is 23.0 Å². The summed E-state index contributed by atoms with van der Waals surface area (Å²) < 4.78 is 0. The summed E-state index contributed by atoms with van der Waals surface area (Å²) in [5.41, 5.74) is 0.330. The van der Waals surface area contributed by atoms with Crippen molar-refractivity contribution in [3.05, 3.63) is 31.9 Å². The summed E-state index contributed by atoms with van der Waals surface area (Å²) in [5.74, 6) is 0. The van der Waals surface area contributed by atoms with E-state index in [1.54, 1.807) is 0 Å². The number of hydrogen-bond acceptors (Lipinski definition) is 5. The monoisotopic (exact) mass is 188 g/mol. The Morgan fingerprint density at radius 3 is 2.17 bits per heavy atom. The van der Waals surface area contributed by atoms with Crippen molar-refractivity contribution in [3.8, 4) is 0 Å². The Labute approximate surface area is 70.7 Å². The molecule has 0 aromatic carbocycles. The summed E-state index contributed by atoms with van der Waals surface area (Å²) in [6, 6.07) is 1.20. The highest BCUT2D eigenvalue weighted by molar-refractivity contribution is 7.18. The lowest BCUT2D eigenvalue weighted by Gasteiger charge is -1.82. The predicted octanol–water partition coefficient (Wildman–Crippen LogP) is 1.87. The molecule has 0 saturated heterocycles. The molecular formula is C5H4N2O4S. The van der Waals surface area contributed by atoms with Crippen LogP contribution in [0.3, 0.4) is 0 Å². The van der Waals surface area contributed by atoms with Crippen LogP contribution in [0.25, 0.3) is 0 Å². The molecule has 0 radical (unpaired) electrons. The fourth-order valence-electron chi connectivity index (χ4n) is 0.727. The molecule has 0 aliphatic carbocycles. The standard InChI is InChI=1S/C5H4N2O4S/c1-3-2-4(6(8)9)12-5(3)7(10)11/h2H,1H3. The Hall–Kier alpha value is -1.50. The van der Waals surface area contributed by atoms with Gasteiger partial charge in [-0.15, -0.1) is 0 Å². The summed E-state index contributed by atoms with van der Waals surface area (Å²) in [6.07, 6.45) is 0. The summed E-state index contributed by atoms with van der Waals surface area (Å²) in [4.78, 5) is 19.2. The molecule has 0 bridgehead atoms. The fourth-order valence-corrected chi connectivity index (χ4v) is 1.53. The van der Waals surface area contributed by atoms with Gasteiger partial charge in [-0.05, 0) is 6.92 Å². The van der Waals surface area contributed by atoms with Gasteiger partial charge in [-0.3, -0.25) is 20.2 Å². The maximum absolute atomic E-state index is 10.3. The van der Waals surface area contributed by atoms with Gasteiger partial charge >= 0.3 is 10.0 Å². The molecule has 0 spiro atoms. The third-order valence-electron chi connectivity index (χ3n) is 1.22. The van der Waals surface area contributed by atoms with E-state index in [4.69, 9.17) is 0 Å². The summed E-state index contributed by atoms with van der Waals surface area (Å²) >= 11 is 0.578. The molecule has 0 saturated carbocycles. The minimum absolute atomic E-state index is 0.165. The Balaban J connectivity index is 3.17. The third-order valence-corrected chi connectivity index (χ3v) is 2.36. The van der Waals surface area contributed by atoms with Crippen molar-refractivity contribution in [1.29, 1.82) is 0 Å². The molecule has 12 heavy (non-hydrogen) atoms. The van der Waals surface area contributed by atoms with Gasteiger partial charge in [0.2, 0.25) is 0 Å². The van der Waals surface area contributed by atoms with Crippen LogP contribution in [0.2, 0.25) is 0 Å².